The van der Waals surface area contributed by atoms with Crippen molar-refractivity contribution in [2.24, 2.45) is 0 Å². The molecule has 1 aromatic carbocycles. The summed E-state index contributed by atoms with van der Waals surface area (Å²) in [6, 6.07) is 10.8. The van der Waals surface area contributed by atoms with E-state index in [0.29, 0.717) is 16.4 Å². The van der Waals surface area contributed by atoms with Crippen molar-refractivity contribution in [2.45, 2.75) is 6.92 Å². The first-order valence-corrected chi connectivity index (χ1v) is 8.54. The number of carbonyl (C=O) groups excluding carboxylic acids is 1. The van der Waals surface area contributed by atoms with E-state index in [1.165, 1.54) is 0 Å². The summed E-state index contributed by atoms with van der Waals surface area (Å²) in [5.41, 5.74) is 2.12. The van der Waals surface area contributed by atoms with Crippen LogP contribution in [0.3, 0.4) is 0 Å². The lowest BCUT2D eigenvalue weighted by Gasteiger charge is -2.35. The molecule has 0 bridgehead atoms. The predicted molar refractivity (Wildman–Crippen MR) is 98.0 cm³/mol. The van der Waals surface area contributed by atoms with Crippen molar-refractivity contribution < 1.29 is 4.79 Å². The van der Waals surface area contributed by atoms with Crippen molar-refractivity contribution in [1.29, 1.82) is 0 Å². The SMILES string of the molecule is CCN1CCN(c2ccc(C(=O)Nc3cccc(Cl)c3)nc2)CC1. The molecule has 24 heavy (non-hydrogen) atoms. The second-order valence-electron chi connectivity index (χ2n) is 5.79. The third-order valence-electron chi connectivity index (χ3n) is 4.25. The summed E-state index contributed by atoms with van der Waals surface area (Å²) in [6.07, 6.45) is 1.77. The summed E-state index contributed by atoms with van der Waals surface area (Å²) in [6.45, 7) is 7.38. The van der Waals surface area contributed by atoms with Crippen LogP contribution < -0.4 is 10.2 Å². The van der Waals surface area contributed by atoms with Crippen LogP contribution in [-0.2, 0) is 0 Å². The fourth-order valence-electron chi connectivity index (χ4n) is 2.79. The van der Waals surface area contributed by atoms with Crippen molar-refractivity contribution in [1.82, 2.24) is 9.88 Å². The summed E-state index contributed by atoms with van der Waals surface area (Å²) in [5, 5.41) is 3.39. The average Bonchev–Trinajstić information content (AvgIpc) is 2.62. The maximum absolute atomic E-state index is 12.3. The first-order valence-electron chi connectivity index (χ1n) is 8.16. The van der Waals surface area contributed by atoms with Crippen LogP contribution in [0.1, 0.15) is 17.4 Å². The summed E-state index contributed by atoms with van der Waals surface area (Å²) in [4.78, 5) is 21.3. The maximum atomic E-state index is 12.3. The van der Waals surface area contributed by atoms with Crippen LogP contribution in [0, 0.1) is 0 Å². The molecule has 1 aromatic heterocycles. The average molecular weight is 345 g/mol. The lowest BCUT2D eigenvalue weighted by atomic mass is 10.2. The Balaban J connectivity index is 1.63. The van der Waals surface area contributed by atoms with Gasteiger partial charge in [-0.15, -0.1) is 0 Å². The van der Waals surface area contributed by atoms with Gasteiger partial charge in [-0.3, -0.25) is 4.79 Å². The molecule has 0 spiro atoms. The standard InChI is InChI=1S/C18H21ClN4O/c1-2-22-8-10-23(11-9-22)16-6-7-17(20-13-16)18(24)21-15-5-3-4-14(19)12-15/h3-7,12-13H,2,8-11H2,1H3,(H,21,24). The zero-order valence-corrected chi connectivity index (χ0v) is 14.5. The van der Waals surface area contributed by atoms with Crippen molar-refractivity contribution in [3.63, 3.8) is 0 Å². The Morgan fingerprint density at radius 1 is 1.21 bits per heavy atom. The number of amides is 1. The van der Waals surface area contributed by atoms with Gasteiger partial charge < -0.3 is 15.1 Å². The Kier molecular flexibility index (Phi) is 5.33. The zero-order chi connectivity index (χ0) is 16.9. The number of benzene rings is 1. The van der Waals surface area contributed by atoms with Gasteiger partial charge in [-0.2, -0.15) is 0 Å². The molecule has 1 N–H and O–H groups in total. The number of carbonyl (C=O) groups is 1. The topological polar surface area (TPSA) is 48.5 Å². The van der Waals surface area contributed by atoms with Crippen molar-refractivity contribution in [3.05, 3.63) is 53.3 Å². The van der Waals surface area contributed by atoms with Crippen LogP contribution in [-0.4, -0.2) is 48.5 Å². The summed E-state index contributed by atoms with van der Waals surface area (Å²) in [5.74, 6) is -0.236. The van der Waals surface area contributed by atoms with Gasteiger partial charge in [0.25, 0.3) is 5.91 Å². The van der Waals surface area contributed by atoms with Crippen LogP contribution in [0.15, 0.2) is 42.6 Å². The molecular formula is C18H21ClN4O. The molecule has 0 radical (unpaired) electrons. The van der Waals surface area contributed by atoms with Crippen LogP contribution in [0.2, 0.25) is 5.02 Å². The molecule has 2 heterocycles. The molecule has 0 saturated carbocycles. The summed E-state index contributed by atoms with van der Waals surface area (Å²) >= 11 is 5.93. The number of aromatic nitrogens is 1. The Morgan fingerprint density at radius 2 is 2.00 bits per heavy atom. The minimum absolute atomic E-state index is 0.236. The highest BCUT2D eigenvalue weighted by Crippen LogP contribution is 2.18. The van der Waals surface area contributed by atoms with Gasteiger partial charge in [0.1, 0.15) is 5.69 Å². The minimum Gasteiger partial charge on any atom is -0.368 e. The third kappa shape index (κ3) is 4.04. The van der Waals surface area contributed by atoms with Gasteiger partial charge in [-0.1, -0.05) is 24.6 Å². The van der Waals surface area contributed by atoms with Crippen LogP contribution >= 0.6 is 11.6 Å². The van der Waals surface area contributed by atoms with E-state index in [1.807, 2.05) is 6.07 Å². The van der Waals surface area contributed by atoms with Crippen LogP contribution in [0.25, 0.3) is 0 Å². The predicted octanol–water partition coefficient (Wildman–Crippen LogP) is 3.13. The Morgan fingerprint density at radius 3 is 2.62 bits per heavy atom. The molecule has 2 aromatic rings. The molecule has 3 rings (SSSR count). The first kappa shape index (κ1) is 16.7. The van der Waals surface area contributed by atoms with Gasteiger partial charge in [0, 0.05) is 36.9 Å². The Labute approximate surface area is 147 Å². The third-order valence-corrected chi connectivity index (χ3v) is 4.48. The highest BCUT2D eigenvalue weighted by atomic mass is 35.5. The number of pyridine rings is 1. The molecule has 1 aliphatic rings. The number of nitrogens with one attached hydrogen (secondary N) is 1. The number of hydrogen-bond acceptors (Lipinski definition) is 4. The maximum Gasteiger partial charge on any atom is 0.274 e. The molecule has 1 amide bonds. The second kappa shape index (κ2) is 7.64. The lowest BCUT2D eigenvalue weighted by molar-refractivity contribution is 0.102. The van der Waals surface area contributed by atoms with Crippen molar-refractivity contribution >= 4 is 28.9 Å². The van der Waals surface area contributed by atoms with Gasteiger partial charge in [0.15, 0.2) is 0 Å². The molecule has 1 saturated heterocycles. The van der Waals surface area contributed by atoms with E-state index in [9.17, 15) is 4.79 Å². The normalized spacial score (nSPS) is 15.3. The second-order valence-corrected chi connectivity index (χ2v) is 6.22. The van der Waals surface area contributed by atoms with E-state index < -0.39 is 0 Å². The fourth-order valence-corrected chi connectivity index (χ4v) is 2.98. The molecule has 1 fully saturated rings. The van der Waals surface area contributed by atoms with E-state index in [1.54, 1.807) is 36.5 Å². The molecule has 0 aliphatic carbocycles. The van der Waals surface area contributed by atoms with E-state index >= 15 is 0 Å². The van der Waals surface area contributed by atoms with Gasteiger partial charge in [0.2, 0.25) is 0 Å². The Bertz CT molecular complexity index is 696. The van der Waals surface area contributed by atoms with Gasteiger partial charge in [-0.05, 0) is 36.9 Å². The summed E-state index contributed by atoms with van der Waals surface area (Å²) < 4.78 is 0. The number of likely N-dealkylation sites (N-methyl/N-ethyl adjacent to an activating group) is 1. The molecule has 0 atom stereocenters. The van der Waals surface area contributed by atoms with Gasteiger partial charge >= 0.3 is 0 Å². The largest absolute Gasteiger partial charge is 0.368 e. The highest BCUT2D eigenvalue weighted by Gasteiger charge is 2.16. The highest BCUT2D eigenvalue weighted by molar-refractivity contribution is 6.30. The fraction of sp³-hybridized carbons (Fsp3) is 0.333. The Hall–Kier alpha value is -2.11. The number of halogens is 1. The molecule has 1 aliphatic heterocycles. The van der Waals surface area contributed by atoms with E-state index in [-0.39, 0.29) is 5.91 Å². The van der Waals surface area contributed by atoms with Crippen LogP contribution in [0.5, 0.6) is 0 Å². The summed E-state index contributed by atoms with van der Waals surface area (Å²) in [7, 11) is 0. The molecule has 126 valence electrons. The molecule has 6 heteroatoms. The van der Waals surface area contributed by atoms with E-state index in [2.05, 4.69) is 27.0 Å². The van der Waals surface area contributed by atoms with E-state index in [4.69, 9.17) is 11.6 Å². The quantitative estimate of drug-likeness (QED) is 0.925. The number of rotatable bonds is 4. The number of hydrogen-bond donors (Lipinski definition) is 1. The number of nitrogens with zero attached hydrogens (tertiary/aromatic N) is 3. The van der Waals surface area contributed by atoms with Gasteiger partial charge in [-0.25, -0.2) is 4.98 Å². The lowest BCUT2D eigenvalue weighted by Crippen LogP contribution is -2.46. The molecule has 5 nitrogen and oxygen atoms in total. The minimum atomic E-state index is -0.236. The van der Waals surface area contributed by atoms with Crippen LogP contribution in [0.4, 0.5) is 11.4 Å². The number of piperazine rings is 1. The zero-order valence-electron chi connectivity index (χ0n) is 13.7. The van der Waals surface area contributed by atoms with E-state index in [0.717, 1.165) is 38.4 Å². The first-order chi connectivity index (χ1) is 11.7. The molecular weight excluding hydrogens is 324 g/mol. The smallest absolute Gasteiger partial charge is 0.274 e. The monoisotopic (exact) mass is 344 g/mol. The van der Waals surface area contributed by atoms with Crippen molar-refractivity contribution in [2.75, 3.05) is 42.9 Å². The van der Waals surface area contributed by atoms with Crippen molar-refractivity contribution in [3.8, 4) is 0 Å². The molecule has 0 unspecified atom stereocenters. The number of anilines is 2. The van der Waals surface area contributed by atoms with Gasteiger partial charge in [0.05, 0.1) is 11.9 Å².